The van der Waals surface area contributed by atoms with E-state index in [1.165, 1.54) is 0 Å². The first-order chi connectivity index (χ1) is 12.0. The molecule has 0 fully saturated rings. The van der Waals surface area contributed by atoms with Crippen molar-refractivity contribution < 1.29 is 14.3 Å². The highest BCUT2D eigenvalue weighted by Gasteiger charge is 2.31. The zero-order valence-electron chi connectivity index (χ0n) is 15.8. The summed E-state index contributed by atoms with van der Waals surface area (Å²) in [6.07, 6.45) is 2.82. The van der Waals surface area contributed by atoms with Crippen molar-refractivity contribution in [2.45, 2.75) is 65.5 Å². The zero-order chi connectivity index (χ0) is 18.4. The van der Waals surface area contributed by atoms with Crippen LogP contribution in [0.25, 0.3) is 0 Å². The van der Waals surface area contributed by atoms with Crippen LogP contribution in [0.3, 0.4) is 0 Å². The summed E-state index contributed by atoms with van der Waals surface area (Å²) in [5, 5.41) is 0. The van der Waals surface area contributed by atoms with Crippen molar-refractivity contribution in [2.75, 3.05) is 18.0 Å². The van der Waals surface area contributed by atoms with E-state index in [4.69, 9.17) is 4.74 Å². The quantitative estimate of drug-likeness (QED) is 0.722. The molecular weight excluding hydrogens is 316 g/mol. The third-order valence-electron chi connectivity index (χ3n) is 4.82. The molecule has 0 aromatic heterocycles. The molecule has 0 saturated heterocycles. The molecule has 0 bridgehead atoms. The number of anilines is 1. The molecule has 0 spiro atoms. The highest BCUT2D eigenvalue weighted by atomic mass is 16.5. The van der Waals surface area contributed by atoms with E-state index in [1.54, 1.807) is 11.8 Å². The highest BCUT2D eigenvalue weighted by Crippen LogP contribution is 2.33. The van der Waals surface area contributed by atoms with E-state index in [0.717, 1.165) is 31.5 Å². The Balaban J connectivity index is 2.08. The number of para-hydroxylation sites is 2. The Labute approximate surface area is 150 Å². The number of benzene rings is 1. The van der Waals surface area contributed by atoms with Crippen molar-refractivity contribution >= 4 is 17.5 Å². The van der Waals surface area contributed by atoms with Gasteiger partial charge < -0.3 is 14.5 Å². The molecular formula is C20H30N2O3. The second-order valence-electron chi connectivity index (χ2n) is 6.67. The van der Waals surface area contributed by atoms with E-state index in [1.807, 2.05) is 29.2 Å². The summed E-state index contributed by atoms with van der Waals surface area (Å²) >= 11 is 0. The van der Waals surface area contributed by atoms with Crippen molar-refractivity contribution in [3.05, 3.63) is 24.3 Å². The Morgan fingerprint density at radius 2 is 2.04 bits per heavy atom. The summed E-state index contributed by atoms with van der Waals surface area (Å²) in [4.78, 5) is 28.9. The van der Waals surface area contributed by atoms with Crippen molar-refractivity contribution in [1.29, 1.82) is 0 Å². The number of hydrogen-bond acceptors (Lipinski definition) is 3. The van der Waals surface area contributed by atoms with Gasteiger partial charge in [0.1, 0.15) is 5.75 Å². The van der Waals surface area contributed by atoms with Gasteiger partial charge >= 0.3 is 0 Å². The number of carbonyl (C=O) groups excluding carboxylic acids is 2. The van der Waals surface area contributed by atoms with Crippen molar-refractivity contribution in [2.24, 2.45) is 0 Å². The van der Waals surface area contributed by atoms with Crippen LogP contribution in [0.4, 0.5) is 5.69 Å². The van der Waals surface area contributed by atoms with Gasteiger partial charge in [0.2, 0.25) is 5.91 Å². The summed E-state index contributed by atoms with van der Waals surface area (Å²) < 4.78 is 5.65. The molecule has 0 saturated carbocycles. The average Bonchev–Trinajstić information content (AvgIpc) is 2.62. The number of rotatable bonds is 8. The first-order valence-electron chi connectivity index (χ1n) is 9.36. The van der Waals surface area contributed by atoms with Gasteiger partial charge in [-0.05, 0) is 38.8 Å². The molecule has 1 aliphatic heterocycles. The standard InChI is InChI=1S/C20H30N2O3/c1-5-7-13-21(15(3)6-2)19(23)12-14-22-17-10-8-9-11-18(17)25-16(4)20(22)24/h8-11,15-16H,5-7,12-14H2,1-4H3. The van der Waals surface area contributed by atoms with Gasteiger partial charge in [0.15, 0.2) is 6.10 Å². The SMILES string of the molecule is CCCCN(C(=O)CCN1C(=O)C(C)Oc2ccccc21)C(C)CC. The molecule has 1 aromatic carbocycles. The van der Waals surface area contributed by atoms with Crippen LogP contribution in [0.2, 0.25) is 0 Å². The molecule has 5 nitrogen and oxygen atoms in total. The first kappa shape index (κ1) is 19.3. The van der Waals surface area contributed by atoms with Crippen molar-refractivity contribution in [3.63, 3.8) is 0 Å². The van der Waals surface area contributed by atoms with E-state index in [9.17, 15) is 9.59 Å². The molecule has 2 rings (SSSR count). The summed E-state index contributed by atoms with van der Waals surface area (Å²) in [6.45, 7) is 9.24. The Morgan fingerprint density at radius 1 is 1.32 bits per heavy atom. The van der Waals surface area contributed by atoms with Gasteiger partial charge in [0.05, 0.1) is 5.69 Å². The number of nitrogens with zero attached hydrogens (tertiary/aromatic N) is 2. The molecule has 2 unspecified atom stereocenters. The summed E-state index contributed by atoms with van der Waals surface area (Å²) in [5.41, 5.74) is 0.752. The first-order valence-corrected chi connectivity index (χ1v) is 9.36. The fourth-order valence-corrected chi connectivity index (χ4v) is 3.08. The lowest BCUT2D eigenvalue weighted by molar-refractivity contribution is -0.133. The Morgan fingerprint density at radius 3 is 2.72 bits per heavy atom. The molecule has 138 valence electrons. The second kappa shape index (κ2) is 8.88. The monoisotopic (exact) mass is 346 g/mol. The van der Waals surface area contributed by atoms with Crippen LogP contribution >= 0.6 is 0 Å². The van der Waals surface area contributed by atoms with Gasteiger partial charge in [-0.15, -0.1) is 0 Å². The molecule has 5 heteroatoms. The molecule has 2 atom stereocenters. The van der Waals surface area contributed by atoms with E-state index >= 15 is 0 Å². The average molecular weight is 346 g/mol. The topological polar surface area (TPSA) is 49.9 Å². The van der Waals surface area contributed by atoms with Gasteiger partial charge in [0.25, 0.3) is 5.91 Å². The minimum Gasteiger partial charge on any atom is -0.479 e. The fourth-order valence-electron chi connectivity index (χ4n) is 3.08. The van der Waals surface area contributed by atoms with E-state index in [0.29, 0.717) is 18.7 Å². The van der Waals surface area contributed by atoms with Crippen LogP contribution in [0.15, 0.2) is 24.3 Å². The van der Waals surface area contributed by atoms with E-state index < -0.39 is 6.10 Å². The third-order valence-corrected chi connectivity index (χ3v) is 4.82. The van der Waals surface area contributed by atoms with Gasteiger partial charge in [-0.2, -0.15) is 0 Å². The minimum absolute atomic E-state index is 0.0878. The van der Waals surface area contributed by atoms with Gasteiger partial charge in [-0.1, -0.05) is 32.4 Å². The molecule has 0 N–H and O–H groups in total. The normalized spacial score (nSPS) is 17.7. The number of carbonyl (C=O) groups is 2. The van der Waals surface area contributed by atoms with Crippen LogP contribution in [-0.2, 0) is 9.59 Å². The molecule has 25 heavy (non-hydrogen) atoms. The largest absolute Gasteiger partial charge is 0.479 e. The van der Waals surface area contributed by atoms with Crippen LogP contribution < -0.4 is 9.64 Å². The maximum atomic E-state index is 12.7. The molecule has 0 aliphatic carbocycles. The summed E-state index contributed by atoms with van der Waals surface area (Å²) in [5.74, 6) is 0.731. The third kappa shape index (κ3) is 4.53. The van der Waals surface area contributed by atoms with Crippen LogP contribution in [-0.4, -0.2) is 41.9 Å². The predicted molar refractivity (Wildman–Crippen MR) is 99.9 cm³/mol. The van der Waals surface area contributed by atoms with Gasteiger partial charge in [-0.25, -0.2) is 0 Å². The van der Waals surface area contributed by atoms with Crippen LogP contribution in [0.1, 0.15) is 53.4 Å². The van der Waals surface area contributed by atoms with E-state index in [-0.39, 0.29) is 17.9 Å². The maximum Gasteiger partial charge on any atom is 0.267 e. The number of hydrogen-bond donors (Lipinski definition) is 0. The van der Waals surface area contributed by atoms with Crippen molar-refractivity contribution in [3.8, 4) is 5.75 Å². The smallest absolute Gasteiger partial charge is 0.267 e. The number of fused-ring (bicyclic) bond motifs is 1. The minimum atomic E-state index is -0.518. The Hall–Kier alpha value is -2.04. The maximum absolute atomic E-state index is 12.7. The fraction of sp³-hybridized carbons (Fsp3) is 0.600. The number of unbranched alkanes of at least 4 members (excludes halogenated alkanes) is 1. The van der Waals surface area contributed by atoms with Crippen LogP contribution in [0, 0.1) is 0 Å². The summed E-state index contributed by atoms with van der Waals surface area (Å²) in [7, 11) is 0. The molecule has 0 radical (unpaired) electrons. The van der Waals surface area contributed by atoms with E-state index in [2.05, 4.69) is 20.8 Å². The summed E-state index contributed by atoms with van der Waals surface area (Å²) in [6, 6.07) is 7.73. The molecule has 1 heterocycles. The predicted octanol–water partition coefficient (Wildman–Crippen LogP) is 3.62. The number of amides is 2. The zero-order valence-corrected chi connectivity index (χ0v) is 15.8. The second-order valence-corrected chi connectivity index (χ2v) is 6.67. The Kier molecular flexibility index (Phi) is 6.85. The molecule has 2 amide bonds. The van der Waals surface area contributed by atoms with Crippen molar-refractivity contribution in [1.82, 2.24) is 4.90 Å². The van der Waals surface area contributed by atoms with Crippen LogP contribution in [0.5, 0.6) is 5.75 Å². The van der Waals surface area contributed by atoms with Gasteiger partial charge in [0, 0.05) is 25.6 Å². The lowest BCUT2D eigenvalue weighted by atomic mass is 10.1. The lowest BCUT2D eigenvalue weighted by Crippen LogP contribution is -2.47. The lowest BCUT2D eigenvalue weighted by Gasteiger charge is -2.34. The molecule has 1 aliphatic rings. The highest BCUT2D eigenvalue weighted by molar-refractivity contribution is 6.00. The Bertz CT molecular complexity index is 602. The number of ether oxygens (including phenoxy) is 1. The van der Waals surface area contributed by atoms with Gasteiger partial charge in [-0.3, -0.25) is 9.59 Å². The molecule has 1 aromatic rings.